The highest BCUT2D eigenvalue weighted by Gasteiger charge is 2.35. The lowest BCUT2D eigenvalue weighted by atomic mass is 10.0. The molecule has 9 nitrogen and oxygen atoms in total. The van der Waals surface area contributed by atoms with Crippen LogP contribution in [-0.4, -0.2) is 35.1 Å². The number of alkyl halides is 3. The summed E-state index contributed by atoms with van der Waals surface area (Å²) >= 11 is 0.964. The molecule has 0 aliphatic rings. The van der Waals surface area contributed by atoms with Crippen LogP contribution < -0.4 is 10.5 Å². The molecule has 0 bridgehead atoms. The van der Waals surface area contributed by atoms with Gasteiger partial charge in [0.25, 0.3) is 16.0 Å². The molecule has 1 unspecified atom stereocenters. The Morgan fingerprint density at radius 3 is 2.61 bits per heavy atom. The zero-order chi connectivity index (χ0) is 26.3. The SMILES string of the molecule is CC(Oc1cc(-n2cnc3cnc(COS(C)(=O)=O)cc32)sc1C(N)=O)c1ccccc1C(F)(F)F. The van der Waals surface area contributed by atoms with Crippen molar-refractivity contribution in [3.05, 3.63) is 70.6 Å². The highest BCUT2D eigenvalue weighted by atomic mass is 32.2. The van der Waals surface area contributed by atoms with Gasteiger partial charge in [-0.3, -0.25) is 18.5 Å². The van der Waals surface area contributed by atoms with Crippen LogP contribution in [-0.2, 0) is 27.1 Å². The van der Waals surface area contributed by atoms with E-state index in [1.807, 2.05) is 0 Å². The van der Waals surface area contributed by atoms with Crippen molar-refractivity contribution in [1.29, 1.82) is 0 Å². The second-order valence-corrected chi connectivity index (χ2v) is 10.4. The van der Waals surface area contributed by atoms with Crippen molar-refractivity contribution in [2.45, 2.75) is 25.8 Å². The van der Waals surface area contributed by atoms with E-state index in [1.165, 1.54) is 43.7 Å². The Bertz CT molecular complexity index is 1550. The maximum Gasteiger partial charge on any atom is 0.416 e. The van der Waals surface area contributed by atoms with E-state index in [2.05, 4.69) is 9.97 Å². The number of fused-ring (bicyclic) bond motifs is 1. The Hall–Kier alpha value is -3.49. The largest absolute Gasteiger partial charge is 0.484 e. The minimum Gasteiger partial charge on any atom is -0.484 e. The van der Waals surface area contributed by atoms with Crippen molar-refractivity contribution in [2.75, 3.05) is 6.26 Å². The van der Waals surface area contributed by atoms with Gasteiger partial charge < -0.3 is 10.5 Å². The molecule has 3 aromatic heterocycles. The van der Waals surface area contributed by atoms with Crippen molar-refractivity contribution in [1.82, 2.24) is 14.5 Å². The van der Waals surface area contributed by atoms with Gasteiger partial charge in [0.05, 0.1) is 29.2 Å². The average Bonchev–Trinajstić information content (AvgIpc) is 3.40. The summed E-state index contributed by atoms with van der Waals surface area (Å²) in [5.41, 5.74) is 5.89. The number of imidazole rings is 1. The fourth-order valence-electron chi connectivity index (χ4n) is 3.48. The van der Waals surface area contributed by atoms with Gasteiger partial charge in [0.1, 0.15) is 40.2 Å². The number of ether oxygens (including phenoxy) is 1. The molecule has 0 saturated heterocycles. The molecule has 0 aliphatic heterocycles. The van der Waals surface area contributed by atoms with E-state index in [9.17, 15) is 26.4 Å². The molecular weight excluding hydrogens is 521 g/mol. The third kappa shape index (κ3) is 5.50. The van der Waals surface area contributed by atoms with Gasteiger partial charge in [-0.1, -0.05) is 18.2 Å². The van der Waals surface area contributed by atoms with E-state index >= 15 is 0 Å². The number of carbonyl (C=O) groups excluding carboxylic acids is 1. The molecule has 1 aromatic carbocycles. The van der Waals surface area contributed by atoms with Crippen LogP contribution in [0.2, 0.25) is 0 Å². The molecule has 1 atom stereocenters. The number of aromatic nitrogens is 3. The number of primary amides is 1. The second kappa shape index (κ2) is 9.52. The molecule has 0 saturated carbocycles. The number of nitrogens with zero attached hydrogens (tertiary/aromatic N) is 3. The Morgan fingerprint density at radius 1 is 1.22 bits per heavy atom. The number of nitrogens with two attached hydrogens (primary N) is 1. The molecule has 1 amide bonds. The topological polar surface area (TPSA) is 126 Å². The van der Waals surface area contributed by atoms with Crippen LogP contribution >= 0.6 is 11.3 Å². The lowest BCUT2D eigenvalue weighted by Gasteiger charge is -2.19. The van der Waals surface area contributed by atoms with Crippen molar-refractivity contribution in [3.63, 3.8) is 0 Å². The smallest absolute Gasteiger partial charge is 0.416 e. The first-order valence-corrected chi connectivity index (χ1v) is 12.9. The molecule has 0 aliphatic carbocycles. The van der Waals surface area contributed by atoms with Gasteiger partial charge >= 0.3 is 6.18 Å². The van der Waals surface area contributed by atoms with Crippen molar-refractivity contribution in [3.8, 4) is 10.8 Å². The summed E-state index contributed by atoms with van der Waals surface area (Å²) in [7, 11) is -3.68. The molecule has 14 heteroatoms. The zero-order valence-electron chi connectivity index (χ0n) is 18.8. The Morgan fingerprint density at radius 2 is 1.94 bits per heavy atom. The number of hydrogen-bond acceptors (Lipinski definition) is 8. The van der Waals surface area contributed by atoms with Crippen LogP contribution in [0.4, 0.5) is 13.2 Å². The van der Waals surface area contributed by atoms with Crippen LogP contribution in [0, 0.1) is 0 Å². The van der Waals surface area contributed by atoms with E-state index in [0.717, 1.165) is 23.7 Å². The van der Waals surface area contributed by atoms with Gasteiger partial charge in [-0.15, -0.1) is 11.3 Å². The monoisotopic (exact) mass is 540 g/mol. The lowest BCUT2D eigenvalue weighted by molar-refractivity contribution is -0.139. The number of halogens is 3. The first-order valence-electron chi connectivity index (χ1n) is 10.3. The normalized spacial score (nSPS) is 13.1. The number of carbonyl (C=O) groups is 1. The third-order valence-electron chi connectivity index (χ3n) is 5.07. The van der Waals surface area contributed by atoms with Gasteiger partial charge in [-0.2, -0.15) is 21.6 Å². The van der Waals surface area contributed by atoms with Gasteiger partial charge in [0.15, 0.2) is 0 Å². The fraction of sp³-hybridized carbons (Fsp3) is 0.227. The molecule has 3 heterocycles. The molecule has 2 N–H and O–H groups in total. The summed E-state index contributed by atoms with van der Waals surface area (Å²) < 4.78 is 75.1. The third-order valence-corrected chi connectivity index (χ3v) is 6.74. The van der Waals surface area contributed by atoms with Gasteiger partial charge in [-0.25, -0.2) is 4.98 Å². The van der Waals surface area contributed by atoms with E-state index in [0.29, 0.717) is 21.7 Å². The lowest BCUT2D eigenvalue weighted by Crippen LogP contribution is -2.15. The number of rotatable bonds is 8. The number of thiophene rings is 1. The standard InChI is InChI=1S/C22H19F3N4O5S2/c1-12(14-5-3-4-6-15(14)22(23,24)25)34-18-8-19(35-20(18)21(26)30)29-11-28-16-9-27-13(7-17(16)29)10-33-36(2,31)32/h3-9,11-12H,10H2,1-2H3,(H2,26,30). The number of pyridine rings is 1. The summed E-state index contributed by atoms with van der Waals surface area (Å²) in [6.45, 7) is 1.15. The van der Waals surface area contributed by atoms with Gasteiger partial charge in [0, 0.05) is 11.6 Å². The number of amides is 1. The first-order chi connectivity index (χ1) is 16.8. The molecule has 4 rings (SSSR count). The molecule has 190 valence electrons. The molecule has 0 spiro atoms. The van der Waals surface area contributed by atoms with Crippen LogP contribution in [0.5, 0.6) is 5.75 Å². The molecule has 4 aromatic rings. The molecule has 0 radical (unpaired) electrons. The molecular formula is C22H19F3N4O5S2. The van der Waals surface area contributed by atoms with Crippen molar-refractivity contribution in [2.24, 2.45) is 5.73 Å². The summed E-state index contributed by atoms with van der Waals surface area (Å²) in [6.07, 6.45) is -1.82. The van der Waals surface area contributed by atoms with Crippen molar-refractivity contribution >= 4 is 38.4 Å². The summed E-state index contributed by atoms with van der Waals surface area (Å²) in [5.74, 6) is -0.797. The van der Waals surface area contributed by atoms with E-state index in [1.54, 1.807) is 10.6 Å². The van der Waals surface area contributed by atoms with E-state index in [4.69, 9.17) is 14.7 Å². The molecule has 0 fully saturated rings. The quantitative estimate of drug-likeness (QED) is 0.332. The highest BCUT2D eigenvalue weighted by molar-refractivity contribution is 7.85. The Balaban J connectivity index is 1.70. The predicted molar refractivity (Wildman–Crippen MR) is 125 cm³/mol. The maximum absolute atomic E-state index is 13.5. The highest BCUT2D eigenvalue weighted by Crippen LogP contribution is 2.39. The second-order valence-electron chi connectivity index (χ2n) is 7.73. The van der Waals surface area contributed by atoms with Gasteiger partial charge in [-0.05, 0) is 19.1 Å². The van der Waals surface area contributed by atoms with E-state index < -0.39 is 33.9 Å². The van der Waals surface area contributed by atoms with Crippen LogP contribution in [0.15, 0.2) is 48.9 Å². The predicted octanol–water partition coefficient (Wildman–Crippen LogP) is 4.22. The average molecular weight is 541 g/mol. The minimum absolute atomic E-state index is 0.0119. The van der Waals surface area contributed by atoms with Crippen molar-refractivity contribution < 1.29 is 35.3 Å². The van der Waals surface area contributed by atoms with Gasteiger partial charge in [0.2, 0.25) is 0 Å². The molecule has 36 heavy (non-hydrogen) atoms. The minimum atomic E-state index is -4.58. The summed E-state index contributed by atoms with van der Waals surface area (Å²) in [5, 5.41) is 0.443. The maximum atomic E-state index is 13.5. The Labute approximate surface area is 207 Å². The van der Waals surface area contributed by atoms with Crippen LogP contribution in [0.3, 0.4) is 0 Å². The summed E-state index contributed by atoms with van der Waals surface area (Å²) in [4.78, 5) is 20.5. The number of hydrogen-bond donors (Lipinski definition) is 1. The fourth-order valence-corrected chi connectivity index (χ4v) is 4.74. The summed E-state index contributed by atoms with van der Waals surface area (Å²) in [6, 6.07) is 8.06. The zero-order valence-corrected chi connectivity index (χ0v) is 20.4. The first kappa shape index (κ1) is 25.6. The van der Waals surface area contributed by atoms with Crippen LogP contribution in [0.1, 0.15) is 39.5 Å². The Kier molecular flexibility index (Phi) is 6.77. The van der Waals surface area contributed by atoms with E-state index in [-0.39, 0.29) is 22.8 Å². The number of benzene rings is 1. The van der Waals surface area contributed by atoms with Crippen LogP contribution in [0.25, 0.3) is 16.0 Å².